The lowest BCUT2D eigenvalue weighted by Crippen LogP contribution is -2.01. The number of halogens is 1. The molecule has 1 aliphatic rings. The lowest BCUT2D eigenvalue weighted by molar-refractivity contribution is 0.353. The molecule has 0 saturated heterocycles. The van der Waals surface area contributed by atoms with Gasteiger partial charge in [0.25, 0.3) is 0 Å². The van der Waals surface area contributed by atoms with Crippen molar-refractivity contribution in [1.82, 2.24) is 9.97 Å². The van der Waals surface area contributed by atoms with E-state index in [1.54, 1.807) is 14.2 Å². The molecule has 2 heterocycles. The van der Waals surface area contributed by atoms with Crippen molar-refractivity contribution in [2.75, 3.05) is 19.5 Å². The lowest BCUT2D eigenvalue weighted by Gasteiger charge is -2.12. The number of benzene rings is 1. The first-order chi connectivity index (χ1) is 9.72. The lowest BCUT2D eigenvalue weighted by atomic mass is 10.2. The van der Waals surface area contributed by atoms with Crippen LogP contribution in [0.2, 0.25) is 5.15 Å². The van der Waals surface area contributed by atoms with Crippen LogP contribution in [0.25, 0.3) is 0 Å². The van der Waals surface area contributed by atoms with E-state index in [0.717, 1.165) is 21.2 Å². The van der Waals surface area contributed by atoms with Gasteiger partial charge in [0.1, 0.15) is 17.0 Å². The molecule has 1 aromatic carbocycles. The summed E-state index contributed by atoms with van der Waals surface area (Å²) in [4.78, 5) is 9.32. The molecule has 0 fully saturated rings. The van der Waals surface area contributed by atoms with Crippen molar-refractivity contribution in [3.05, 3.63) is 29.2 Å². The highest BCUT2D eigenvalue weighted by molar-refractivity contribution is 7.99. The molecule has 0 radical (unpaired) electrons. The van der Waals surface area contributed by atoms with Gasteiger partial charge in [-0.05, 0) is 17.7 Å². The zero-order valence-corrected chi connectivity index (χ0v) is 12.5. The van der Waals surface area contributed by atoms with Gasteiger partial charge in [0.05, 0.1) is 14.2 Å². The number of hydrogen-bond acceptors (Lipinski definition) is 6. The maximum absolute atomic E-state index is 6.10. The minimum atomic E-state index is 0.425. The second kappa shape index (κ2) is 5.38. The number of fused-ring (bicyclic) bond motifs is 2. The number of anilines is 1. The third-order valence-corrected chi connectivity index (χ3v) is 4.38. The zero-order valence-electron chi connectivity index (χ0n) is 10.9. The Hall–Kier alpha value is -1.66. The van der Waals surface area contributed by atoms with Crippen molar-refractivity contribution in [3.63, 3.8) is 0 Å². The van der Waals surface area contributed by atoms with Crippen LogP contribution in [0.5, 0.6) is 11.5 Å². The van der Waals surface area contributed by atoms with Crippen LogP contribution in [0.3, 0.4) is 0 Å². The molecule has 0 saturated carbocycles. The number of hydrogen-bond donors (Lipinski definition) is 1. The summed E-state index contributed by atoms with van der Waals surface area (Å²) in [6, 6.07) is 3.91. The molecule has 1 aliphatic heterocycles. The molecule has 7 heteroatoms. The summed E-state index contributed by atoms with van der Waals surface area (Å²) in [6.45, 7) is 0.628. The second-order valence-electron chi connectivity index (χ2n) is 4.12. The molecule has 1 N–H and O–H groups in total. The molecule has 0 aliphatic carbocycles. The molecule has 5 nitrogen and oxygen atoms in total. The molecule has 0 unspecified atom stereocenters. The van der Waals surface area contributed by atoms with Crippen LogP contribution in [-0.4, -0.2) is 24.2 Å². The van der Waals surface area contributed by atoms with Gasteiger partial charge in [0, 0.05) is 11.4 Å². The molecule has 1 aromatic heterocycles. The number of aromatic nitrogens is 2. The smallest absolute Gasteiger partial charge is 0.161 e. The summed E-state index contributed by atoms with van der Waals surface area (Å²) < 4.78 is 10.7. The SMILES string of the molecule is COc1cc2c(cc1OC)Sc1ncnc(Cl)c1NC2. The molecule has 0 amide bonds. The minimum absolute atomic E-state index is 0.425. The average Bonchev–Trinajstić information content (AvgIpc) is 2.65. The standard InChI is InChI=1S/C13H12ClN3O2S/c1-18-8-3-7-5-15-11-12(14)16-6-17-13(11)20-10(7)4-9(8)19-2/h3-4,6,15H,5H2,1-2H3. The van der Waals surface area contributed by atoms with E-state index in [1.807, 2.05) is 12.1 Å². The molecule has 0 spiro atoms. The van der Waals surface area contributed by atoms with Crippen LogP contribution >= 0.6 is 23.4 Å². The average molecular weight is 310 g/mol. The van der Waals surface area contributed by atoms with Gasteiger partial charge in [0.2, 0.25) is 0 Å². The zero-order chi connectivity index (χ0) is 14.1. The number of nitrogens with one attached hydrogen (secondary N) is 1. The van der Waals surface area contributed by atoms with Gasteiger partial charge in [-0.15, -0.1) is 0 Å². The Morgan fingerprint density at radius 3 is 2.70 bits per heavy atom. The fourth-order valence-corrected chi connectivity index (χ4v) is 3.26. The van der Waals surface area contributed by atoms with E-state index in [2.05, 4.69) is 15.3 Å². The molecule has 20 heavy (non-hydrogen) atoms. The van der Waals surface area contributed by atoms with Crippen molar-refractivity contribution in [1.29, 1.82) is 0 Å². The van der Waals surface area contributed by atoms with E-state index in [9.17, 15) is 0 Å². The number of ether oxygens (including phenoxy) is 2. The van der Waals surface area contributed by atoms with E-state index >= 15 is 0 Å². The second-order valence-corrected chi connectivity index (χ2v) is 5.50. The third kappa shape index (κ3) is 2.25. The van der Waals surface area contributed by atoms with Crippen LogP contribution in [0.15, 0.2) is 28.4 Å². The summed E-state index contributed by atoms with van der Waals surface area (Å²) >= 11 is 7.63. The maximum atomic E-state index is 6.10. The highest BCUT2D eigenvalue weighted by Crippen LogP contribution is 2.43. The Labute approximate surface area is 125 Å². The van der Waals surface area contributed by atoms with Gasteiger partial charge in [0.15, 0.2) is 16.7 Å². The third-order valence-electron chi connectivity index (χ3n) is 3.00. The van der Waals surface area contributed by atoms with Crippen LogP contribution < -0.4 is 14.8 Å². The largest absolute Gasteiger partial charge is 0.493 e. The minimum Gasteiger partial charge on any atom is -0.493 e. The highest BCUT2D eigenvalue weighted by Gasteiger charge is 2.20. The summed E-state index contributed by atoms with van der Waals surface area (Å²) in [6.07, 6.45) is 1.46. The van der Waals surface area contributed by atoms with Gasteiger partial charge in [-0.3, -0.25) is 0 Å². The monoisotopic (exact) mass is 309 g/mol. The van der Waals surface area contributed by atoms with Crippen LogP contribution in [-0.2, 0) is 6.54 Å². The molecular weight excluding hydrogens is 298 g/mol. The van der Waals surface area contributed by atoms with E-state index in [4.69, 9.17) is 21.1 Å². The van der Waals surface area contributed by atoms with Crippen LogP contribution in [0.1, 0.15) is 5.56 Å². The first-order valence-electron chi connectivity index (χ1n) is 5.90. The normalized spacial score (nSPS) is 12.8. The molecular formula is C13H12ClN3O2S. The van der Waals surface area contributed by atoms with Gasteiger partial charge in [-0.25, -0.2) is 9.97 Å². The molecule has 2 aromatic rings. The summed E-state index contributed by atoms with van der Waals surface area (Å²) in [5, 5.41) is 4.49. The van der Waals surface area contributed by atoms with E-state index in [-0.39, 0.29) is 0 Å². The van der Waals surface area contributed by atoms with Gasteiger partial charge >= 0.3 is 0 Å². The highest BCUT2D eigenvalue weighted by atomic mass is 35.5. The van der Waals surface area contributed by atoms with E-state index in [0.29, 0.717) is 23.2 Å². The van der Waals surface area contributed by atoms with E-state index < -0.39 is 0 Å². The number of methoxy groups -OCH3 is 2. The molecule has 0 bridgehead atoms. The van der Waals surface area contributed by atoms with Crippen LogP contribution in [0, 0.1) is 0 Å². The summed E-state index contributed by atoms with van der Waals surface area (Å²) in [5.74, 6) is 1.40. The van der Waals surface area contributed by atoms with Crippen molar-refractivity contribution < 1.29 is 9.47 Å². The van der Waals surface area contributed by atoms with E-state index in [1.165, 1.54) is 18.1 Å². The van der Waals surface area contributed by atoms with Gasteiger partial charge < -0.3 is 14.8 Å². The number of nitrogens with zero attached hydrogens (tertiary/aromatic N) is 2. The predicted octanol–water partition coefficient (Wildman–Crippen LogP) is 3.22. The predicted molar refractivity (Wildman–Crippen MR) is 78.0 cm³/mol. The Morgan fingerprint density at radius 1 is 1.20 bits per heavy atom. The van der Waals surface area contributed by atoms with Crippen molar-refractivity contribution in [2.24, 2.45) is 0 Å². The Kier molecular flexibility index (Phi) is 3.58. The molecule has 104 valence electrons. The van der Waals surface area contributed by atoms with Gasteiger partial charge in [-0.1, -0.05) is 23.4 Å². The fourth-order valence-electron chi connectivity index (χ4n) is 2.00. The Bertz CT molecular complexity index is 666. The Morgan fingerprint density at radius 2 is 1.95 bits per heavy atom. The summed E-state index contributed by atoms with van der Waals surface area (Å²) in [5.41, 5.74) is 1.86. The van der Waals surface area contributed by atoms with Crippen molar-refractivity contribution >= 4 is 29.1 Å². The van der Waals surface area contributed by atoms with Crippen molar-refractivity contribution in [2.45, 2.75) is 16.5 Å². The first-order valence-corrected chi connectivity index (χ1v) is 7.09. The quantitative estimate of drug-likeness (QED) is 0.860. The molecule has 3 rings (SSSR count). The topological polar surface area (TPSA) is 56.3 Å². The summed E-state index contributed by atoms with van der Waals surface area (Å²) in [7, 11) is 3.25. The first kappa shape index (κ1) is 13.3. The van der Waals surface area contributed by atoms with Gasteiger partial charge in [-0.2, -0.15) is 0 Å². The fraction of sp³-hybridized carbons (Fsp3) is 0.231. The number of rotatable bonds is 2. The maximum Gasteiger partial charge on any atom is 0.161 e. The van der Waals surface area contributed by atoms with Crippen LogP contribution in [0.4, 0.5) is 5.69 Å². The molecule has 0 atom stereocenters. The van der Waals surface area contributed by atoms with Crippen molar-refractivity contribution in [3.8, 4) is 11.5 Å². The Balaban J connectivity index is 2.09.